The Kier molecular flexibility index (Phi) is 3.00. The fraction of sp³-hybridized carbons (Fsp3) is 1.00. The number of hydrogen-bond acceptors (Lipinski definition) is 2. The quantitative estimate of drug-likeness (QED) is 0.856. The topological polar surface area (TPSA) is 15.3 Å². The largest absolute Gasteiger partial charge is 0.309 e. The van der Waals surface area contributed by atoms with Crippen molar-refractivity contribution >= 4 is 0 Å². The maximum atomic E-state index is 4.17. The van der Waals surface area contributed by atoms with E-state index in [0.717, 1.165) is 35.9 Å². The van der Waals surface area contributed by atoms with Crippen molar-refractivity contribution in [2.24, 2.45) is 23.2 Å². The highest BCUT2D eigenvalue weighted by molar-refractivity contribution is 5.07. The van der Waals surface area contributed by atoms with Crippen LogP contribution in [0.5, 0.6) is 0 Å². The number of nitrogens with one attached hydrogen (secondary N) is 1. The van der Waals surface area contributed by atoms with Crippen LogP contribution in [0.1, 0.15) is 64.7 Å². The molecule has 0 radical (unpaired) electrons. The van der Waals surface area contributed by atoms with E-state index < -0.39 is 0 Å². The number of rotatable bonds is 3. The van der Waals surface area contributed by atoms with E-state index in [2.05, 4.69) is 17.1 Å². The molecule has 2 heteroatoms. The Morgan fingerprint density at radius 3 is 2.29 bits per heavy atom. The molecule has 6 fully saturated rings. The molecule has 2 saturated heterocycles. The summed E-state index contributed by atoms with van der Waals surface area (Å²) >= 11 is 0. The minimum Gasteiger partial charge on any atom is -0.309 e. The summed E-state index contributed by atoms with van der Waals surface area (Å²) in [4.78, 5) is 2.75. The fourth-order valence-electron chi connectivity index (χ4n) is 7.48. The minimum absolute atomic E-state index is 0.681. The van der Waals surface area contributed by atoms with Gasteiger partial charge in [0.2, 0.25) is 0 Å². The van der Waals surface area contributed by atoms with Gasteiger partial charge in [0, 0.05) is 24.7 Å². The van der Waals surface area contributed by atoms with Gasteiger partial charge in [-0.1, -0.05) is 0 Å². The molecule has 6 aliphatic rings. The van der Waals surface area contributed by atoms with Gasteiger partial charge in [0.05, 0.1) is 0 Å². The molecule has 2 heterocycles. The van der Waals surface area contributed by atoms with Gasteiger partial charge in [0.25, 0.3) is 0 Å². The van der Waals surface area contributed by atoms with Crippen molar-refractivity contribution in [1.29, 1.82) is 0 Å². The van der Waals surface area contributed by atoms with E-state index in [1.165, 1.54) is 32.4 Å². The van der Waals surface area contributed by atoms with Crippen LogP contribution >= 0.6 is 0 Å². The Morgan fingerprint density at radius 1 is 0.952 bits per heavy atom. The van der Waals surface area contributed by atoms with E-state index in [1.54, 1.807) is 38.5 Å². The first-order valence-electron chi connectivity index (χ1n) is 9.72. The van der Waals surface area contributed by atoms with Crippen molar-refractivity contribution in [1.82, 2.24) is 10.2 Å². The molecule has 0 amide bonds. The summed E-state index contributed by atoms with van der Waals surface area (Å²) in [5.41, 5.74) is 0.681. The lowest BCUT2D eigenvalue weighted by molar-refractivity contribution is -0.0725. The van der Waals surface area contributed by atoms with Crippen LogP contribution < -0.4 is 5.32 Å². The molecule has 4 saturated carbocycles. The Bertz CT molecular complexity index is 383. The molecule has 118 valence electrons. The predicted octanol–water partition coefficient (Wildman–Crippen LogP) is 3.42. The van der Waals surface area contributed by atoms with E-state index in [-0.39, 0.29) is 0 Å². The van der Waals surface area contributed by atoms with Crippen LogP contribution in [-0.4, -0.2) is 36.1 Å². The lowest BCUT2D eigenvalue weighted by atomic mass is 9.48. The number of fused-ring (bicyclic) bond motifs is 1. The molecule has 1 N–H and O–H groups in total. The molecule has 4 bridgehead atoms. The second kappa shape index (κ2) is 4.71. The summed E-state index contributed by atoms with van der Waals surface area (Å²) in [5.74, 6) is 3.27. The summed E-state index contributed by atoms with van der Waals surface area (Å²) in [6.07, 6.45) is 13.7. The van der Waals surface area contributed by atoms with Crippen molar-refractivity contribution in [3.05, 3.63) is 0 Å². The Hall–Kier alpha value is -0.0800. The first kappa shape index (κ1) is 13.4. The average Bonchev–Trinajstić information content (AvgIpc) is 3.02. The summed E-state index contributed by atoms with van der Waals surface area (Å²) < 4.78 is 0. The van der Waals surface area contributed by atoms with Crippen LogP contribution in [0.25, 0.3) is 0 Å². The van der Waals surface area contributed by atoms with Gasteiger partial charge in [0.15, 0.2) is 0 Å². The molecule has 0 aromatic rings. The molecule has 6 rings (SSSR count). The van der Waals surface area contributed by atoms with Crippen molar-refractivity contribution in [3.8, 4) is 0 Å². The first-order chi connectivity index (χ1) is 10.2. The van der Waals surface area contributed by atoms with Gasteiger partial charge in [-0.2, -0.15) is 0 Å². The van der Waals surface area contributed by atoms with E-state index in [0.29, 0.717) is 5.41 Å². The Morgan fingerprint density at radius 2 is 1.62 bits per heavy atom. The third-order valence-electron chi connectivity index (χ3n) is 8.07. The van der Waals surface area contributed by atoms with Crippen LogP contribution in [-0.2, 0) is 0 Å². The van der Waals surface area contributed by atoms with Crippen LogP contribution in [0.3, 0.4) is 0 Å². The molecule has 4 aliphatic carbocycles. The smallest absolute Gasteiger partial charge is 0.0250 e. The van der Waals surface area contributed by atoms with Gasteiger partial charge in [-0.25, -0.2) is 0 Å². The summed E-state index contributed by atoms with van der Waals surface area (Å²) in [6.45, 7) is 5.27. The monoisotopic (exact) mass is 288 g/mol. The highest BCUT2D eigenvalue weighted by Crippen LogP contribution is 2.61. The zero-order valence-corrected chi connectivity index (χ0v) is 13.7. The highest BCUT2D eigenvalue weighted by atomic mass is 15.2. The van der Waals surface area contributed by atoms with E-state index in [1.807, 2.05) is 0 Å². The van der Waals surface area contributed by atoms with Gasteiger partial charge < -0.3 is 5.32 Å². The molecule has 3 atom stereocenters. The van der Waals surface area contributed by atoms with Crippen LogP contribution in [0.4, 0.5) is 0 Å². The maximum Gasteiger partial charge on any atom is 0.0250 e. The third kappa shape index (κ3) is 2.05. The molecular weight excluding hydrogens is 256 g/mol. The standard InChI is InChI=1S/C19H32N2/c1-13(20-17-4-6-21-5-2-3-18(17)21)19-10-14-7-15(11-19)9-16(8-14)12-19/h13-18,20H,2-12H2,1H3. The molecule has 3 unspecified atom stereocenters. The molecule has 0 aromatic heterocycles. The van der Waals surface area contributed by atoms with Crippen LogP contribution in [0.2, 0.25) is 0 Å². The molecule has 2 aliphatic heterocycles. The normalized spacial score (nSPS) is 53.3. The number of nitrogens with zero attached hydrogens (tertiary/aromatic N) is 1. The molecule has 0 spiro atoms. The second-order valence-corrected chi connectivity index (χ2v) is 9.31. The van der Waals surface area contributed by atoms with Gasteiger partial charge >= 0.3 is 0 Å². The van der Waals surface area contributed by atoms with Crippen LogP contribution in [0, 0.1) is 23.2 Å². The molecule has 2 nitrogen and oxygen atoms in total. The predicted molar refractivity (Wildman–Crippen MR) is 86.2 cm³/mol. The Labute approximate surface area is 130 Å². The van der Waals surface area contributed by atoms with Crippen molar-refractivity contribution in [2.45, 2.75) is 82.8 Å². The molecular formula is C19H32N2. The van der Waals surface area contributed by atoms with Crippen molar-refractivity contribution in [2.75, 3.05) is 13.1 Å². The van der Waals surface area contributed by atoms with Gasteiger partial charge in [0.1, 0.15) is 0 Å². The Balaban J connectivity index is 1.31. The van der Waals surface area contributed by atoms with Crippen molar-refractivity contribution < 1.29 is 0 Å². The van der Waals surface area contributed by atoms with E-state index >= 15 is 0 Å². The van der Waals surface area contributed by atoms with Gasteiger partial charge in [-0.05, 0) is 94.4 Å². The van der Waals surface area contributed by atoms with E-state index in [9.17, 15) is 0 Å². The lowest BCUT2D eigenvalue weighted by Crippen LogP contribution is -2.57. The highest BCUT2D eigenvalue weighted by Gasteiger charge is 2.53. The average molecular weight is 288 g/mol. The maximum absolute atomic E-state index is 4.17. The van der Waals surface area contributed by atoms with E-state index in [4.69, 9.17) is 0 Å². The zero-order chi connectivity index (χ0) is 14.0. The van der Waals surface area contributed by atoms with Gasteiger partial charge in [-0.3, -0.25) is 4.90 Å². The lowest BCUT2D eigenvalue weighted by Gasteiger charge is -2.59. The van der Waals surface area contributed by atoms with Crippen molar-refractivity contribution in [3.63, 3.8) is 0 Å². The minimum atomic E-state index is 0.681. The first-order valence-corrected chi connectivity index (χ1v) is 9.72. The molecule has 21 heavy (non-hydrogen) atoms. The molecule has 0 aromatic carbocycles. The fourth-order valence-corrected chi connectivity index (χ4v) is 7.48. The summed E-state index contributed by atoms with van der Waals surface area (Å²) in [7, 11) is 0. The van der Waals surface area contributed by atoms with Crippen LogP contribution in [0.15, 0.2) is 0 Å². The summed E-state index contributed by atoms with van der Waals surface area (Å²) in [6, 6.07) is 2.44. The third-order valence-corrected chi connectivity index (χ3v) is 8.07. The summed E-state index contributed by atoms with van der Waals surface area (Å²) in [5, 5.41) is 4.17. The SMILES string of the molecule is CC(NC1CCN2CCCC12)C12CC3CC(CC(C3)C1)C2. The zero-order valence-electron chi connectivity index (χ0n) is 13.7. The van der Waals surface area contributed by atoms with Gasteiger partial charge in [-0.15, -0.1) is 0 Å². The number of hydrogen-bond donors (Lipinski definition) is 1. The second-order valence-electron chi connectivity index (χ2n) is 9.31.